The van der Waals surface area contributed by atoms with Crippen molar-refractivity contribution in [3.8, 4) is 0 Å². The van der Waals surface area contributed by atoms with Gasteiger partial charge in [0.15, 0.2) is 0 Å². The fourth-order valence-corrected chi connectivity index (χ4v) is 2.45. The van der Waals surface area contributed by atoms with E-state index in [1.165, 1.54) is 0 Å². The summed E-state index contributed by atoms with van der Waals surface area (Å²) in [6.45, 7) is 5.58. The number of hydrogen-bond donors (Lipinski definition) is 2. The van der Waals surface area contributed by atoms with Gasteiger partial charge < -0.3 is 10.6 Å². The van der Waals surface area contributed by atoms with Crippen LogP contribution in [0.3, 0.4) is 0 Å². The number of nitrogens with one attached hydrogen (secondary N) is 2. The number of rotatable bonds is 6. The first-order valence-electron chi connectivity index (χ1n) is 7.08. The lowest BCUT2D eigenvalue weighted by Gasteiger charge is -2.19. The molecular formula is C16H19ClN2O2. The Bertz CT molecular complexity index is 594. The minimum atomic E-state index is -0.297. The lowest BCUT2D eigenvalue weighted by Crippen LogP contribution is -2.31. The van der Waals surface area contributed by atoms with E-state index in [-0.39, 0.29) is 22.3 Å². The molecule has 0 heterocycles. The van der Waals surface area contributed by atoms with Crippen LogP contribution in [0.4, 0.5) is 0 Å². The first kappa shape index (κ1) is 15.7. The van der Waals surface area contributed by atoms with Crippen LogP contribution in [0.5, 0.6) is 0 Å². The second kappa shape index (κ2) is 6.87. The molecule has 0 radical (unpaired) electrons. The summed E-state index contributed by atoms with van der Waals surface area (Å²) >= 11 is 6.05. The fourth-order valence-electron chi connectivity index (χ4n) is 2.20. The summed E-state index contributed by atoms with van der Waals surface area (Å²) in [4.78, 5) is 24.5. The van der Waals surface area contributed by atoms with Gasteiger partial charge in [-0.3, -0.25) is 9.59 Å². The largest absolute Gasteiger partial charge is 0.380 e. The fraction of sp³-hybridized carbons (Fsp3) is 0.375. The minimum Gasteiger partial charge on any atom is -0.380 e. The maximum absolute atomic E-state index is 12.4. The molecule has 0 saturated carbocycles. The highest BCUT2D eigenvalue weighted by molar-refractivity contribution is 6.49. The molecule has 0 atom stereocenters. The Morgan fingerprint density at radius 2 is 1.67 bits per heavy atom. The molecule has 112 valence electrons. The van der Waals surface area contributed by atoms with Gasteiger partial charge in [-0.15, -0.1) is 0 Å². The van der Waals surface area contributed by atoms with Crippen LogP contribution < -0.4 is 10.6 Å². The van der Waals surface area contributed by atoms with Crippen LogP contribution in [-0.4, -0.2) is 30.7 Å². The number of allylic oxidation sites excluding steroid dienone is 2. The molecular weight excluding hydrogens is 288 g/mol. The van der Waals surface area contributed by atoms with Crippen LogP contribution in [0.1, 0.15) is 41.0 Å². The van der Waals surface area contributed by atoms with Gasteiger partial charge >= 0.3 is 0 Å². The second-order valence-corrected chi connectivity index (χ2v) is 5.66. The van der Waals surface area contributed by atoms with Crippen molar-refractivity contribution < 1.29 is 9.59 Å². The van der Waals surface area contributed by atoms with Crippen LogP contribution >= 0.6 is 11.6 Å². The standard InChI is InChI=1S/C16H19ClN2O2/c1-10(2)18-8-5-9-19-14-13(17)15(20)11-6-3-4-7-12(11)16(14)21/h3-4,6-7,10,18-19H,5,8-9H2,1-2H3. The Labute approximate surface area is 129 Å². The molecule has 0 aromatic heterocycles. The molecule has 2 N–H and O–H groups in total. The van der Waals surface area contributed by atoms with E-state index in [1.54, 1.807) is 24.3 Å². The van der Waals surface area contributed by atoms with Gasteiger partial charge in [0.05, 0.1) is 0 Å². The van der Waals surface area contributed by atoms with Gasteiger partial charge in [0, 0.05) is 23.7 Å². The Balaban J connectivity index is 2.05. The molecule has 5 heteroatoms. The van der Waals surface area contributed by atoms with Gasteiger partial charge in [-0.05, 0) is 13.0 Å². The molecule has 1 aliphatic carbocycles. The quantitative estimate of drug-likeness (QED) is 0.793. The van der Waals surface area contributed by atoms with Gasteiger partial charge in [-0.1, -0.05) is 49.7 Å². The normalized spacial score (nSPS) is 14.7. The summed E-state index contributed by atoms with van der Waals surface area (Å²) in [5.74, 6) is -0.512. The van der Waals surface area contributed by atoms with Crippen LogP contribution in [0.15, 0.2) is 35.0 Å². The van der Waals surface area contributed by atoms with Gasteiger partial charge in [0.1, 0.15) is 10.7 Å². The summed E-state index contributed by atoms with van der Waals surface area (Å²) in [5.41, 5.74) is 0.999. The third-order valence-corrected chi connectivity index (χ3v) is 3.63. The number of carbonyl (C=O) groups is 2. The van der Waals surface area contributed by atoms with E-state index < -0.39 is 0 Å². The lowest BCUT2D eigenvalue weighted by atomic mass is 9.92. The van der Waals surface area contributed by atoms with Crippen molar-refractivity contribution in [2.75, 3.05) is 13.1 Å². The molecule has 0 fully saturated rings. The average molecular weight is 307 g/mol. The average Bonchev–Trinajstić information content (AvgIpc) is 2.47. The molecule has 21 heavy (non-hydrogen) atoms. The van der Waals surface area contributed by atoms with Crippen molar-refractivity contribution in [1.29, 1.82) is 0 Å². The topological polar surface area (TPSA) is 58.2 Å². The second-order valence-electron chi connectivity index (χ2n) is 5.28. The highest BCUT2D eigenvalue weighted by Gasteiger charge is 2.30. The predicted molar refractivity (Wildman–Crippen MR) is 83.7 cm³/mol. The third kappa shape index (κ3) is 3.52. The zero-order chi connectivity index (χ0) is 15.4. The van der Waals surface area contributed by atoms with Crippen LogP contribution in [0, 0.1) is 0 Å². The number of benzene rings is 1. The molecule has 0 amide bonds. The maximum Gasteiger partial charge on any atom is 0.211 e. The summed E-state index contributed by atoms with van der Waals surface area (Å²) in [5, 5.41) is 6.27. The summed E-state index contributed by atoms with van der Waals surface area (Å²) in [6, 6.07) is 7.18. The van der Waals surface area contributed by atoms with E-state index in [9.17, 15) is 9.59 Å². The van der Waals surface area contributed by atoms with E-state index in [0.717, 1.165) is 13.0 Å². The van der Waals surface area contributed by atoms with E-state index in [0.29, 0.717) is 23.7 Å². The number of hydrogen-bond acceptors (Lipinski definition) is 4. The van der Waals surface area contributed by atoms with Crippen molar-refractivity contribution in [2.45, 2.75) is 26.3 Å². The third-order valence-electron chi connectivity index (χ3n) is 3.27. The van der Waals surface area contributed by atoms with E-state index in [1.807, 2.05) is 0 Å². The molecule has 0 spiro atoms. The zero-order valence-corrected chi connectivity index (χ0v) is 13.0. The number of carbonyl (C=O) groups excluding carboxylic acids is 2. The number of ketones is 2. The Hall–Kier alpha value is -1.65. The van der Waals surface area contributed by atoms with Gasteiger partial charge in [0.2, 0.25) is 11.6 Å². The summed E-state index contributed by atoms with van der Waals surface area (Å²) in [6.07, 6.45) is 0.842. The monoisotopic (exact) mass is 306 g/mol. The van der Waals surface area contributed by atoms with Crippen LogP contribution in [0.25, 0.3) is 0 Å². The molecule has 0 unspecified atom stereocenters. The van der Waals surface area contributed by atoms with E-state index in [2.05, 4.69) is 24.5 Å². The molecule has 0 aliphatic heterocycles. The van der Waals surface area contributed by atoms with E-state index in [4.69, 9.17) is 11.6 Å². The highest BCUT2D eigenvalue weighted by atomic mass is 35.5. The smallest absolute Gasteiger partial charge is 0.211 e. The van der Waals surface area contributed by atoms with Crippen LogP contribution in [0.2, 0.25) is 0 Å². The van der Waals surface area contributed by atoms with Crippen molar-refractivity contribution in [1.82, 2.24) is 10.6 Å². The van der Waals surface area contributed by atoms with Crippen molar-refractivity contribution in [3.63, 3.8) is 0 Å². The first-order valence-corrected chi connectivity index (χ1v) is 7.45. The highest BCUT2D eigenvalue weighted by Crippen LogP contribution is 2.26. The van der Waals surface area contributed by atoms with Gasteiger partial charge in [-0.2, -0.15) is 0 Å². The van der Waals surface area contributed by atoms with Gasteiger partial charge in [-0.25, -0.2) is 0 Å². The number of fused-ring (bicyclic) bond motifs is 1. The number of Topliss-reactive ketones (excluding diaryl/α,β-unsaturated/α-hetero) is 2. The summed E-state index contributed by atoms with van der Waals surface area (Å²) < 4.78 is 0. The first-order chi connectivity index (χ1) is 10.0. The predicted octanol–water partition coefficient (Wildman–Crippen LogP) is 2.49. The lowest BCUT2D eigenvalue weighted by molar-refractivity contribution is 0.0974. The van der Waals surface area contributed by atoms with Crippen LogP contribution in [-0.2, 0) is 0 Å². The van der Waals surface area contributed by atoms with Crippen molar-refractivity contribution in [2.24, 2.45) is 0 Å². The van der Waals surface area contributed by atoms with Crippen molar-refractivity contribution in [3.05, 3.63) is 46.1 Å². The molecule has 0 bridgehead atoms. The molecule has 4 nitrogen and oxygen atoms in total. The number of halogens is 1. The SMILES string of the molecule is CC(C)NCCCNC1=C(Cl)C(=O)c2ccccc2C1=O. The molecule has 1 aliphatic rings. The van der Waals surface area contributed by atoms with E-state index >= 15 is 0 Å². The molecule has 1 aromatic rings. The molecule has 1 aromatic carbocycles. The summed E-state index contributed by atoms with van der Waals surface area (Å²) in [7, 11) is 0. The minimum absolute atomic E-state index is 0.0180. The Morgan fingerprint density at radius 1 is 1.05 bits per heavy atom. The Morgan fingerprint density at radius 3 is 2.29 bits per heavy atom. The van der Waals surface area contributed by atoms with Crippen molar-refractivity contribution >= 4 is 23.2 Å². The maximum atomic E-state index is 12.4. The van der Waals surface area contributed by atoms with Gasteiger partial charge in [0.25, 0.3) is 0 Å². The zero-order valence-electron chi connectivity index (χ0n) is 12.2. The Kier molecular flexibility index (Phi) is 5.15. The molecule has 2 rings (SSSR count). The molecule has 0 saturated heterocycles.